The van der Waals surface area contributed by atoms with Crippen molar-refractivity contribution in [3.8, 4) is 11.5 Å². The average molecular weight is 440 g/mol. The van der Waals surface area contributed by atoms with Crippen LogP contribution in [0.2, 0.25) is 0 Å². The van der Waals surface area contributed by atoms with Crippen LogP contribution in [0.4, 0.5) is 8.78 Å². The average Bonchev–Trinajstić information content (AvgIpc) is 3.22. The van der Waals surface area contributed by atoms with Crippen molar-refractivity contribution in [2.24, 2.45) is 0 Å². The van der Waals surface area contributed by atoms with E-state index in [1.54, 1.807) is 25.3 Å². The molecular formula is C22H27F2NO4S. The van der Waals surface area contributed by atoms with Gasteiger partial charge in [-0.2, -0.15) is 4.31 Å². The van der Waals surface area contributed by atoms with Crippen molar-refractivity contribution in [1.82, 2.24) is 4.31 Å². The van der Waals surface area contributed by atoms with Crippen LogP contribution in [0.5, 0.6) is 11.5 Å². The monoisotopic (exact) mass is 439 g/mol. The summed E-state index contributed by atoms with van der Waals surface area (Å²) >= 11 is 0. The van der Waals surface area contributed by atoms with E-state index in [2.05, 4.69) is 0 Å². The van der Waals surface area contributed by atoms with E-state index in [9.17, 15) is 17.2 Å². The lowest BCUT2D eigenvalue weighted by atomic mass is 10.1. The molecule has 0 bridgehead atoms. The van der Waals surface area contributed by atoms with Crippen molar-refractivity contribution in [3.05, 3.63) is 53.6 Å². The second kappa shape index (κ2) is 9.31. The van der Waals surface area contributed by atoms with Gasteiger partial charge >= 0.3 is 0 Å². The molecule has 0 unspecified atom stereocenters. The minimum atomic E-state index is -4.02. The van der Waals surface area contributed by atoms with E-state index in [4.69, 9.17) is 9.47 Å². The minimum absolute atomic E-state index is 0.0778. The Kier molecular flexibility index (Phi) is 6.98. The molecule has 1 aliphatic carbocycles. The number of benzene rings is 2. The molecule has 0 atom stereocenters. The Morgan fingerprint density at radius 1 is 1.03 bits per heavy atom. The summed E-state index contributed by atoms with van der Waals surface area (Å²) in [5.74, 6) is -1.17. The highest BCUT2D eigenvalue weighted by Crippen LogP contribution is 2.33. The molecule has 0 aliphatic heterocycles. The third-order valence-corrected chi connectivity index (χ3v) is 7.05. The van der Waals surface area contributed by atoms with E-state index >= 15 is 0 Å². The topological polar surface area (TPSA) is 55.8 Å². The van der Waals surface area contributed by atoms with Gasteiger partial charge in [-0.1, -0.05) is 18.9 Å². The number of sulfonamides is 1. The normalized spacial score (nSPS) is 15.2. The number of rotatable bonds is 8. The van der Waals surface area contributed by atoms with Gasteiger partial charge in [0.05, 0.1) is 18.1 Å². The smallest absolute Gasteiger partial charge is 0.243 e. The van der Waals surface area contributed by atoms with Crippen LogP contribution in [-0.4, -0.2) is 32.0 Å². The molecule has 1 fully saturated rings. The summed E-state index contributed by atoms with van der Waals surface area (Å²) < 4.78 is 66.3. The quantitative estimate of drug-likeness (QED) is 0.587. The maximum atomic E-state index is 13.7. The lowest BCUT2D eigenvalue weighted by Crippen LogP contribution is -2.38. The summed E-state index contributed by atoms with van der Waals surface area (Å²) in [5.41, 5.74) is 0.726. The Balaban J connectivity index is 1.98. The molecule has 1 saturated carbocycles. The fraction of sp³-hybridized carbons (Fsp3) is 0.455. The highest BCUT2D eigenvalue weighted by molar-refractivity contribution is 7.89. The van der Waals surface area contributed by atoms with E-state index in [1.165, 1.54) is 4.31 Å². The number of hydrogen-bond acceptors (Lipinski definition) is 4. The van der Waals surface area contributed by atoms with Crippen LogP contribution >= 0.6 is 0 Å². The summed E-state index contributed by atoms with van der Waals surface area (Å²) in [7, 11) is -2.48. The molecule has 0 spiro atoms. The first-order valence-electron chi connectivity index (χ1n) is 10.0. The van der Waals surface area contributed by atoms with Crippen molar-refractivity contribution in [2.45, 2.75) is 63.1 Å². The highest BCUT2D eigenvalue weighted by atomic mass is 32.2. The van der Waals surface area contributed by atoms with Crippen LogP contribution in [0.1, 0.15) is 45.1 Å². The second-order valence-corrected chi connectivity index (χ2v) is 9.61. The Morgan fingerprint density at radius 2 is 1.73 bits per heavy atom. The van der Waals surface area contributed by atoms with Crippen LogP contribution in [-0.2, 0) is 16.6 Å². The van der Waals surface area contributed by atoms with Gasteiger partial charge in [-0.15, -0.1) is 0 Å². The Hall–Kier alpha value is -2.19. The van der Waals surface area contributed by atoms with Gasteiger partial charge in [0.2, 0.25) is 10.0 Å². The van der Waals surface area contributed by atoms with Crippen LogP contribution < -0.4 is 9.47 Å². The summed E-state index contributed by atoms with van der Waals surface area (Å²) in [6.45, 7) is 3.89. The number of nitrogens with zero attached hydrogens (tertiary/aromatic N) is 1. The van der Waals surface area contributed by atoms with Gasteiger partial charge in [0.25, 0.3) is 0 Å². The van der Waals surface area contributed by atoms with Gasteiger partial charge in [0.1, 0.15) is 0 Å². The molecule has 2 aromatic rings. The molecule has 0 heterocycles. The van der Waals surface area contributed by atoms with E-state index in [-0.39, 0.29) is 23.6 Å². The standard InChI is InChI=1S/C22H27F2NO4S/c1-15(2)29-22-12-16(8-11-21(22)28-3)14-25(17-6-4-5-7-17)30(26,27)18-9-10-19(23)20(24)13-18/h8-13,15,17H,4-7,14H2,1-3H3. The first-order chi connectivity index (χ1) is 14.2. The van der Waals surface area contributed by atoms with Crippen LogP contribution in [0.15, 0.2) is 41.3 Å². The molecule has 0 radical (unpaired) electrons. The lowest BCUT2D eigenvalue weighted by Gasteiger charge is -2.28. The number of methoxy groups -OCH3 is 1. The predicted molar refractivity (Wildman–Crippen MR) is 110 cm³/mol. The summed E-state index contributed by atoms with van der Waals surface area (Å²) in [6, 6.07) is 7.79. The van der Waals surface area contributed by atoms with Crippen molar-refractivity contribution in [1.29, 1.82) is 0 Å². The molecule has 8 heteroatoms. The van der Waals surface area contributed by atoms with Crippen LogP contribution in [0.25, 0.3) is 0 Å². The zero-order valence-electron chi connectivity index (χ0n) is 17.4. The van der Waals surface area contributed by atoms with Gasteiger partial charge in [-0.05, 0) is 62.6 Å². The largest absolute Gasteiger partial charge is 0.493 e. The van der Waals surface area contributed by atoms with Gasteiger partial charge in [0.15, 0.2) is 23.1 Å². The Morgan fingerprint density at radius 3 is 2.33 bits per heavy atom. The second-order valence-electron chi connectivity index (χ2n) is 7.72. The van der Waals surface area contributed by atoms with Crippen molar-refractivity contribution in [3.63, 3.8) is 0 Å². The molecule has 0 aromatic heterocycles. The van der Waals surface area contributed by atoms with E-state index < -0.39 is 21.7 Å². The molecular weight excluding hydrogens is 412 g/mol. The van der Waals surface area contributed by atoms with Crippen molar-refractivity contribution < 1.29 is 26.7 Å². The molecule has 0 amide bonds. The van der Waals surface area contributed by atoms with Crippen molar-refractivity contribution >= 4 is 10.0 Å². The van der Waals surface area contributed by atoms with Crippen LogP contribution in [0.3, 0.4) is 0 Å². The zero-order chi connectivity index (χ0) is 21.9. The number of ether oxygens (including phenoxy) is 2. The third-order valence-electron chi connectivity index (χ3n) is 5.16. The highest BCUT2D eigenvalue weighted by Gasteiger charge is 2.34. The minimum Gasteiger partial charge on any atom is -0.493 e. The van der Waals surface area contributed by atoms with Gasteiger partial charge in [-0.25, -0.2) is 17.2 Å². The fourth-order valence-corrected chi connectivity index (χ4v) is 5.41. The molecule has 30 heavy (non-hydrogen) atoms. The fourth-order valence-electron chi connectivity index (χ4n) is 3.72. The maximum absolute atomic E-state index is 13.7. The molecule has 5 nitrogen and oxygen atoms in total. The summed E-state index contributed by atoms with van der Waals surface area (Å²) in [5, 5.41) is 0. The molecule has 1 aliphatic rings. The van der Waals surface area contributed by atoms with E-state index in [1.807, 2.05) is 13.8 Å². The van der Waals surface area contributed by atoms with Crippen LogP contribution in [0, 0.1) is 11.6 Å². The van der Waals surface area contributed by atoms with Crippen molar-refractivity contribution in [2.75, 3.05) is 7.11 Å². The summed E-state index contributed by atoms with van der Waals surface area (Å²) in [4.78, 5) is -0.250. The first-order valence-corrected chi connectivity index (χ1v) is 11.5. The zero-order valence-corrected chi connectivity index (χ0v) is 18.2. The first kappa shape index (κ1) is 22.5. The number of halogens is 2. The number of hydrogen-bond donors (Lipinski definition) is 0. The molecule has 3 rings (SSSR count). The molecule has 0 saturated heterocycles. The lowest BCUT2D eigenvalue weighted by molar-refractivity contribution is 0.229. The molecule has 2 aromatic carbocycles. The Bertz CT molecular complexity index is 989. The third kappa shape index (κ3) is 4.92. The predicted octanol–water partition coefficient (Wildman–Crippen LogP) is 4.89. The van der Waals surface area contributed by atoms with Gasteiger partial charge in [0, 0.05) is 12.6 Å². The van der Waals surface area contributed by atoms with E-state index in [0.717, 1.165) is 49.4 Å². The van der Waals surface area contributed by atoms with Gasteiger partial charge in [-0.3, -0.25) is 0 Å². The molecule has 164 valence electrons. The molecule has 0 N–H and O–H groups in total. The van der Waals surface area contributed by atoms with E-state index in [0.29, 0.717) is 11.5 Å². The Labute approximate surface area is 176 Å². The summed E-state index contributed by atoms with van der Waals surface area (Å²) in [6.07, 6.45) is 3.24. The van der Waals surface area contributed by atoms with Gasteiger partial charge < -0.3 is 9.47 Å². The maximum Gasteiger partial charge on any atom is 0.243 e. The SMILES string of the molecule is COc1ccc(CN(C2CCCC2)S(=O)(=O)c2ccc(F)c(F)c2)cc1OC(C)C.